The van der Waals surface area contributed by atoms with Crippen LogP contribution in [0.25, 0.3) is 0 Å². The Morgan fingerprint density at radius 2 is 1.70 bits per heavy atom. The van der Waals surface area contributed by atoms with Crippen LogP contribution in [0.3, 0.4) is 0 Å². The van der Waals surface area contributed by atoms with Crippen LogP contribution in [0.15, 0.2) is 11.3 Å². The number of nitrogens with zero attached hydrogens (tertiary/aromatic N) is 1. The van der Waals surface area contributed by atoms with Gasteiger partial charge >= 0.3 is 5.97 Å². The van der Waals surface area contributed by atoms with Crippen molar-refractivity contribution in [2.75, 3.05) is 6.61 Å². The highest BCUT2D eigenvalue weighted by Crippen LogP contribution is 2.61. The number of carbonyl (C=O) groups excluding carboxylic acids is 2. The number of rotatable bonds is 5. The third-order valence-electron chi connectivity index (χ3n) is 5.83. The summed E-state index contributed by atoms with van der Waals surface area (Å²) in [5, 5.41) is 8.89. The normalized spacial score (nSPS) is 35.4. The largest absolute Gasteiger partial charge is 0.457 e. The van der Waals surface area contributed by atoms with Gasteiger partial charge in [-0.05, 0) is 68.6 Å². The quantitative estimate of drug-likeness (QED) is 0.478. The average Bonchev–Trinajstić information content (AvgIpc) is 2.43. The topological polar surface area (TPSA) is 93.2 Å². The van der Waals surface area contributed by atoms with E-state index in [0.717, 1.165) is 37.0 Å². The number of nitrogens with two attached hydrogens (primary N) is 1. The lowest BCUT2D eigenvalue weighted by atomic mass is 9.49. The second-order valence-corrected chi connectivity index (χ2v) is 7.85. The van der Waals surface area contributed by atoms with Crippen LogP contribution >= 0.6 is 0 Å². The molecule has 5 heteroatoms. The van der Waals surface area contributed by atoms with Crippen LogP contribution in [-0.4, -0.2) is 18.4 Å². The minimum absolute atomic E-state index is 0.104. The van der Waals surface area contributed by atoms with Crippen molar-refractivity contribution < 1.29 is 14.3 Å². The maximum atomic E-state index is 12.2. The fourth-order valence-corrected chi connectivity index (χ4v) is 5.45. The van der Waals surface area contributed by atoms with Gasteiger partial charge in [0.1, 0.15) is 11.6 Å². The summed E-state index contributed by atoms with van der Waals surface area (Å²) in [5.74, 6) is 1.51. The van der Waals surface area contributed by atoms with Gasteiger partial charge in [-0.3, -0.25) is 9.59 Å². The monoisotopic (exact) mass is 316 g/mol. The first-order valence-electron chi connectivity index (χ1n) is 8.46. The fraction of sp³-hybridized carbons (Fsp3) is 0.722. The molecule has 4 aliphatic rings. The van der Waals surface area contributed by atoms with Crippen LogP contribution < -0.4 is 5.73 Å². The van der Waals surface area contributed by atoms with Gasteiger partial charge in [0.2, 0.25) is 5.78 Å². The van der Waals surface area contributed by atoms with E-state index in [2.05, 4.69) is 0 Å². The fourth-order valence-electron chi connectivity index (χ4n) is 5.45. The predicted octanol–water partition coefficient (Wildman–Crippen LogP) is 2.46. The second-order valence-electron chi connectivity index (χ2n) is 7.85. The van der Waals surface area contributed by atoms with Gasteiger partial charge in [-0.1, -0.05) is 0 Å². The molecule has 0 aliphatic heterocycles. The number of carbonyl (C=O) groups is 2. The van der Waals surface area contributed by atoms with Gasteiger partial charge in [0, 0.05) is 5.70 Å². The lowest BCUT2D eigenvalue weighted by Crippen LogP contribution is -2.47. The van der Waals surface area contributed by atoms with E-state index in [0.29, 0.717) is 6.42 Å². The Balaban J connectivity index is 1.55. The number of allylic oxidation sites excluding steroid dienone is 1. The lowest BCUT2D eigenvalue weighted by Gasteiger charge is -2.56. The van der Waals surface area contributed by atoms with Crippen molar-refractivity contribution in [3.63, 3.8) is 0 Å². The molecule has 0 aromatic carbocycles. The summed E-state index contributed by atoms with van der Waals surface area (Å²) < 4.78 is 5.15. The van der Waals surface area contributed by atoms with Crippen LogP contribution in [0.1, 0.15) is 51.9 Å². The second kappa shape index (κ2) is 5.99. The Kier molecular flexibility index (Phi) is 4.18. The molecule has 0 amide bonds. The maximum absolute atomic E-state index is 12.2. The highest BCUT2D eigenvalue weighted by atomic mass is 16.5. The Labute approximate surface area is 136 Å². The van der Waals surface area contributed by atoms with Gasteiger partial charge in [0.15, 0.2) is 6.61 Å². The van der Waals surface area contributed by atoms with E-state index in [1.807, 2.05) is 0 Å². The van der Waals surface area contributed by atoms with Crippen molar-refractivity contribution >= 4 is 11.8 Å². The number of ketones is 1. The van der Waals surface area contributed by atoms with Crippen molar-refractivity contribution in [1.82, 2.24) is 0 Å². The molecule has 124 valence electrons. The molecule has 0 aromatic heterocycles. The van der Waals surface area contributed by atoms with Crippen LogP contribution in [0.4, 0.5) is 0 Å². The molecule has 0 radical (unpaired) electrons. The third kappa shape index (κ3) is 3.26. The van der Waals surface area contributed by atoms with Gasteiger partial charge < -0.3 is 10.5 Å². The molecule has 0 aromatic rings. The van der Waals surface area contributed by atoms with Gasteiger partial charge in [-0.15, -0.1) is 0 Å². The van der Waals surface area contributed by atoms with Crippen molar-refractivity contribution in [2.24, 2.45) is 28.9 Å². The van der Waals surface area contributed by atoms with Gasteiger partial charge in [0.25, 0.3) is 0 Å². The SMILES string of the molecule is CC(N)=C(C#N)C(=O)COC(=O)CC12CC3CC(CC(C3)C1)C2. The van der Waals surface area contributed by atoms with E-state index in [4.69, 9.17) is 15.7 Å². The van der Waals surface area contributed by atoms with Crippen LogP contribution in [0.5, 0.6) is 0 Å². The molecule has 23 heavy (non-hydrogen) atoms. The molecule has 4 rings (SSSR count). The summed E-state index contributed by atoms with van der Waals surface area (Å²) in [6.07, 6.45) is 7.81. The van der Waals surface area contributed by atoms with E-state index in [1.165, 1.54) is 26.2 Å². The Bertz CT molecular complexity index is 561. The van der Waals surface area contributed by atoms with E-state index in [1.54, 1.807) is 6.07 Å². The smallest absolute Gasteiger partial charge is 0.306 e. The highest BCUT2D eigenvalue weighted by molar-refractivity contribution is 6.01. The molecule has 0 heterocycles. The van der Waals surface area contributed by atoms with Crippen molar-refractivity contribution in [2.45, 2.75) is 51.9 Å². The molecule has 4 aliphatic carbocycles. The zero-order valence-electron chi connectivity index (χ0n) is 13.6. The van der Waals surface area contributed by atoms with Crippen molar-refractivity contribution in [3.05, 3.63) is 11.3 Å². The number of esters is 1. The van der Waals surface area contributed by atoms with Crippen LogP contribution in [0, 0.1) is 34.5 Å². The predicted molar refractivity (Wildman–Crippen MR) is 83.7 cm³/mol. The average molecular weight is 316 g/mol. The number of hydrogen-bond donors (Lipinski definition) is 1. The molecule has 0 saturated heterocycles. The van der Waals surface area contributed by atoms with E-state index >= 15 is 0 Å². The summed E-state index contributed by atoms with van der Waals surface area (Å²) >= 11 is 0. The number of hydrogen-bond acceptors (Lipinski definition) is 5. The van der Waals surface area contributed by atoms with E-state index < -0.39 is 5.78 Å². The van der Waals surface area contributed by atoms with Crippen molar-refractivity contribution in [3.8, 4) is 6.07 Å². The first kappa shape index (κ1) is 16.0. The molecular formula is C18H24N2O3. The number of ether oxygens (including phenoxy) is 1. The van der Waals surface area contributed by atoms with Gasteiger partial charge in [-0.2, -0.15) is 5.26 Å². The molecule has 0 spiro atoms. The molecule has 2 N–H and O–H groups in total. The zero-order valence-corrected chi connectivity index (χ0v) is 13.6. The summed E-state index contributed by atoms with van der Waals surface area (Å²) in [4.78, 5) is 24.1. The molecule has 4 saturated carbocycles. The Morgan fingerprint density at radius 3 is 2.13 bits per heavy atom. The van der Waals surface area contributed by atoms with Crippen LogP contribution in [-0.2, 0) is 14.3 Å². The third-order valence-corrected chi connectivity index (χ3v) is 5.83. The standard InChI is InChI=1S/C18H24N2O3/c1-11(20)15(9-19)16(21)10-23-17(22)8-18-5-12-2-13(6-18)4-14(3-12)7-18/h12-14H,2-8,10,20H2,1H3. The minimum Gasteiger partial charge on any atom is -0.457 e. The molecule has 4 bridgehead atoms. The molecule has 4 fully saturated rings. The van der Waals surface area contributed by atoms with Gasteiger partial charge in [-0.25, -0.2) is 0 Å². The molecule has 0 atom stereocenters. The molecule has 0 unspecified atom stereocenters. The molecular weight excluding hydrogens is 292 g/mol. The first-order valence-corrected chi connectivity index (χ1v) is 8.46. The Morgan fingerprint density at radius 1 is 1.17 bits per heavy atom. The van der Waals surface area contributed by atoms with Crippen molar-refractivity contribution in [1.29, 1.82) is 5.26 Å². The van der Waals surface area contributed by atoms with E-state index in [9.17, 15) is 9.59 Å². The first-order chi connectivity index (χ1) is 10.9. The molecule has 5 nitrogen and oxygen atoms in total. The minimum atomic E-state index is -0.522. The van der Waals surface area contributed by atoms with E-state index in [-0.39, 0.29) is 29.3 Å². The summed E-state index contributed by atoms with van der Waals surface area (Å²) in [5.41, 5.74) is 5.63. The summed E-state index contributed by atoms with van der Waals surface area (Å²) in [6.45, 7) is 1.11. The Hall–Kier alpha value is -1.83. The zero-order chi connectivity index (χ0) is 16.6. The lowest BCUT2D eigenvalue weighted by molar-refractivity contribution is -0.154. The number of Topliss-reactive ketones (excluding diaryl/α,β-unsaturated/α-hetero) is 1. The number of nitriles is 1. The maximum Gasteiger partial charge on any atom is 0.306 e. The van der Waals surface area contributed by atoms with Crippen LogP contribution in [0.2, 0.25) is 0 Å². The summed E-state index contributed by atoms with van der Waals surface area (Å²) in [7, 11) is 0. The van der Waals surface area contributed by atoms with Gasteiger partial charge in [0.05, 0.1) is 6.42 Å². The summed E-state index contributed by atoms with van der Waals surface area (Å²) in [6, 6.07) is 1.77. The highest BCUT2D eigenvalue weighted by Gasteiger charge is 2.51.